The normalized spacial score (nSPS) is 12.4. The lowest BCUT2D eigenvalue weighted by molar-refractivity contribution is -0.118. The summed E-state index contributed by atoms with van der Waals surface area (Å²) in [4.78, 5) is 17.4. The van der Waals surface area contributed by atoms with E-state index in [0.717, 1.165) is 22.5 Å². The molecule has 1 atom stereocenters. The van der Waals surface area contributed by atoms with E-state index < -0.39 is 5.82 Å². The smallest absolute Gasteiger partial charge is 0.247 e. The Kier molecular flexibility index (Phi) is 8.71. The van der Waals surface area contributed by atoms with E-state index in [9.17, 15) is 9.18 Å². The quantitative estimate of drug-likeness (QED) is 0.299. The molecule has 6 nitrogen and oxygen atoms in total. The van der Waals surface area contributed by atoms with Crippen LogP contribution in [0.25, 0.3) is 11.8 Å². The number of nitrogens with zero attached hydrogens (tertiary/aromatic N) is 2. The van der Waals surface area contributed by atoms with Gasteiger partial charge in [-0.05, 0) is 68.2 Å². The Bertz CT molecular complexity index is 1180. The lowest BCUT2D eigenvalue weighted by Gasteiger charge is -2.17. The van der Waals surface area contributed by atoms with Gasteiger partial charge in [-0.3, -0.25) is 4.79 Å². The molecule has 0 fully saturated rings. The fourth-order valence-corrected chi connectivity index (χ4v) is 3.71. The minimum atomic E-state index is -0.448. The first-order chi connectivity index (χ1) is 16.4. The molecule has 1 amide bonds. The summed E-state index contributed by atoms with van der Waals surface area (Å²) in [6, 6.07) is 9.94. The molecule has 0 aliphatic carbocycles. The number of imidazole rings is 1. The number of benzene rings is 2. The first-order valence-corrected chi connectivity index (χ1v) is 11.5. The minimum absolute atomic E-state index is 0.136. The summed E-state index contributed by atoms with van der Waals surface area (Å²) in [5, 5.41) is 2.99. The summed E-state index contributed by atoms with van der Waals surface area (Å²) in [7, 11) is 3.02. The standard InChI is InChI=1S/C26H29ClFN3O3/c1-17-15-31(16-29-17)23-10-7-19(13-25(23)34-4)12-21(6-5-11-27)26(32)30-18(2)20-8-9-22(28)24(14-20)33-3/h7-10,12-16,18H,5-6,11H2,1-4H3,(H,30,32)/b21-12+/t18-/m0/s1. The second kappa shape index (κ2) is 11.7. The molecule has 8 heteroatoms. The Balaban J connectivity index is 1.85. The average Bonchev–Trinajstić information content (AvgIpc) is 3.27. The molecule has 0 unspecified atom stereocenters. The molecule has 3 aromatic rings. The lowest BCUT2D eigenvalue weighted by atomic mass is 10.0. The molecule has 0 saturated heterocycles. The first kappa shape index (κ1) is 25.3. The highest BCUT2D eigenvalue weighted by molar-refractivity contribution is 6.17. The van der Waals surface area contributed by atoms with E-state index in [4.69, 9.17) is 21.1 Å². The molecule has 1 N–H and O–H groups in total. The van der Waals surface area contributed by atoms with Gasteiger partial charge in [0.1, 0.15) is 5.75 Å². The molecule has 180 valence electrons. The van der Waals surface area contributed by atoms with Gasteiger partial charge in [-0.1, -0.05) is 12.1 Å². The largest absolute Gasteiger partial charge is 0.495 e. The van der Waals surface area contributed by atoms with Crippen LogP contribution in [0.4, 0.5) is 4.39 Å². The van der Waals surface area contributed by atoms with Gasteiger partial charge in [0.2, 0.25) is 5.91 Å². The van der Waals surface area contributed by atoms with Gasteiger partial charge in [-0.2, -0.15) is 0 Å². The molecule has 0 aliphatic rings. The average molecular weight is 486 g/mol. The Hall–Kier alpha value is -3.32. The monoisotopic (exact) mass is 485 g/mol. The van der Waals surface area contributed by atoms with E-state index in [2.05, 4.69) is 10.3 Å². The molecule has 0 saturated carbocycles. The number of hydrogen-bond donors (Lipinski definition) is 1. The number of nitrogens with one attached hydrogen (secondary N) is 1. The second-order valence-corrected chi connectivity index (χ2v) is 8.28. The van der Waals surface area contributed by atoms with Crippen molar-refractivity contribution in [2.24, 2.45) is 0 Å². The number of amides is 1. The number of carbonyl (C=O) groups excluding carboxylic acids is 1. The molecule has 0 bridgehead atoms. The van der Waals surface area contributed by atoms with Crippen molar-refractivity contribution in [2.45, 2.75) is 32.7 Å². The van der Waals surface area contributed by atoms with Crippen molar-refractivity contribution in [2.75, 3.05) is 20.1 Å². The first-order valence-electron chi connectivity index (χ1n) is 11.0. The third kappa shape index (κ3) is 6.17. The van der Waals surface area contributed by atoms with Crippen LogP contribution < -0.4 is 14.8 Å². The van der Waals surface area contributed by atoms with Gasteiger partial charge in [-0.25, -0.2) is 9.37 Å². The van der Waals surface area contributed by atoms with Crippen molar-refractivity contribution in [1.82, 2.24) is 14.9 Å². The third-order valence-electron chi connectivity index (χ3n) is 5.43. The van der Waals surface area contributed by atoms with Crippen LogP contribution in [0.3, 0.4) is 0 Å². The van der Waals surface area contributed by atoms with E-state index in [-0.39, 0.29) is 17.7 Å². The molecular formula is C26H29ClFN3O3. The number of carbonyl (C=O) groups is 1. The van der Waals surface area contributed by atoms with Crippen molar-refractivity contribution in [3.8, 4) is 17.2 Å². The minimum Gasteiger partial charge on any atom is -0.495 e. The molecule has 2 aromatic carbocycles. The van der Waals surface area contributed by atoms with Crippen molar-refractivity contribution < 1.29 is 18.7 Å². The summed E-state index contributed by atoms with van der Waals surface area (Å²) in [6.45, 7) is 3.76. The number of halogens is 2. The number of ether oxygens (including phenoxy) is 2. The van der Waals surface area contributed by atoms with Gasteiger partial charge in [0.25, 0.3) is 0 Å². The molecule has 0 radical (unpaired) electrons. The topological polar surface area (TPSA) is 65.4 Å². The van der Waals surface area contributed by atoms with E-state index >= 15 is 0 Å². The van der Waals surface area contributed by atoms with E-state index in [1.165, 1.54) is 13.2 Å². The molecule has 1 aromatic heterocycles. The zero-order valence-corrected chi connectivity index (χ0v) is 20.5. The molecule has 34 heavy (non-hydrogen) atoms. The van der Waals surface area contributed by atoms with Crippen molar-refractivity contribution in [3.63, 3.8) is 0 Å². The lowest BCUT2D eigenvalue weighted by Crippen LogP contribution is -2.28. The Morgan fingerprint density at radius 2 is 1.97 bits per heavy atom. The number of aromatic nitrogens is 2. The van der Waals surface area contributed by atoms with Gasteiger partial charge >= 0.3 is 0 Å². The summed E-state index contributed by atoms with van der Waals surface area (Å²) in [5.41, 5.74) is 3.91. The number of alkyl halides is 1. The van der Waals surface area contributed by atoms with Crippen molar-refractivity contribution in [1.29, 1.82) is 0 Å². The van der Waals surface area contributed by atoms with Gasteiger partial charge in [-0.15, -0.1) is 11.6 Å². The van der Waals surface area contributed by atoms with Gasteiger partial charge < -0.3 is 19.4 Å². The Labute approximate surface area is 204 Å². The maximum atomic E-state index is 13.8. The Morgan fingerprint density at radius 3 is 2.62 bits per heavy atom. The second-order valence-electron chi connectivity index (χ2n) is 7.90. The summed E-state index contributed by atoms with van der Waals surface area (Å²) in [5.74, 6) is 0.578. The molecule has 0 spiro atoms. The van der Waals surface area contributed by atoms with Gasteiger partial charge in [0.05, 0.1) is 38.0 Å². The van der Waals surface area contributed by atoms with E-state index in [1.807, 2.05) is 48.9 Å². The Morgan fingerprint density at radius 1 is 1.21 bits per heavy atom. The maximum Gasteiger partial charge on any atom is 0.247 e. The fourth-order valence-electron chi connectivity index (χ4n) is 3.58. The zero-order valence-electron chi connectivity index (χ0n) is 19.8. The van der Waals surface area contributed by atoms with Gasteiger partial charge in [0, 0.05) is 17.6 Å². The van der Waals surface area contributed by atoms with Crippen LogP contribution in [-0.2, 0) is 4.79 Å². The zero-order chi connectivity index (χ0) is 24.7. The highest BCUT2D eigenvalue weighted by atomic mass is 35.5. The molecule has 0 aliphatic heterocycles. The third-order valence-corrected chi connectivity index (χ3v) is 5.70. The van der Waals surface area contributed by atoms with Crippen molar-refractivity contribution in [3.05, 3.63) is 77.1 Å². The van der Waals surface area contributed by atoms with Crippen LogP contribution >= 0.6 is 11.6 Å². The summed E-state index contributed by atoms with van der Waals surface area (Å²) in [6.07, 6.45) is 6.65. The maximum absolute atomic E-state index is 13.8. The predicted molar refractivity (Wildman–Crippen MR) is 132 cm³/mol. The number of rotatable bonds is 10. The van der Waals surface area contributed by atoms with Crippen LogP contribution in [0.5, 0.6) is 11.5 Å². The van der Waals surface area contributed by atoms with Crippen LogP contribution in [-0.4, -0.2) is 35.6 Å². The van der Waals surface area contributed by atoms with Crippen LogP contribution in [0, 0.1) is 12.7 Å². The molecule has 1 heterocycles. The molecule has 3 rings (SSSR count). The van der Waals surface area contributed by atoms with E-state index in [1.54, 1.807) is 25.6 Å². The number of methoxy groups -OCH3 is 2. The number of aryl methyl sites for hydroxylation is 1. The predicted octanol–water partition coefficient (Wildman–Crippen LogP) is 5.62. The highest BCUT2D eigenvalue weighted by Gasteiger charge is 2.16. The van der Waals surface area contributed by atoms with Gasteiger partial charge in [0.15, 0.2) is 11.6 Å². The summed E-state index contributed by atoms with van der Waals surface area (Å²) >= 11 is 5.90. The molecular weight excluding hydrogens is 457 g/mol. The van der Waals surface area contributed by atoms with E-state index in [0.29, 0.717) is 30.0 Å². The van der Waals surface area contributed by atoms with Crippen LogP contribution in [0.15, 0.2) is 54.5 Å². The number of hydrogen-bond acceptors (Lipinski definition) is 4. The summed E-state index contributed by atoms with van der Waals surface area (Å²) < 4.78 is 26.3. The van der Waals surface area contributed by atoms with Crippen molar-refractivity contribution >= 4 is 23.6 Å². The SMILES string of the molecule is COc1cc([C@H](C)NC(=O)/C(=C/c2ccc(-n3cnc(C)c3)c(OC)c2)CCCCl)ccc1F. The van der Waals surface area contributed by atoms with Crippen LogP contribution in [0.1, 0.15) is 42.6 Å². The fraction of sp³-hybridized carbons (Fsp3) is 0.308. The highest BCUT2D eigenvalue weighted by Crippen LogP contribution is 2.27. The van der Waals surface area contributed by atoms with Crippen LogP contribution in [0.2, 0.25) is 0 Å².